The third-order valence-electron chi connectivity index (χ3n) is 3.43. The summed E-state index contributed by atoms with van der Waals surface area (Å²) in [6.45, 7) is 1.99. The first kappa shape index (κ1) is 13.2. The van der Waals surface area contributed by atoms with Gasteiger partial charge in [-0.15, -0.1) is 0 Å². The molecule has 3 rings (SSSR count). The Labute approximate surface area is 121 Å². The molecule has 21 heavy (non-hydrogen) atoms. The number of aryl methyl sites for hydroxylation is 1. The van der Waals surface area contributed by atoms with Crippen LogP contribution in [0.4, 0.5) is 0 Å². The van der Waals surface area contributed by atoms with Crippen LogP contribution in [0, 0.1) is 6.92 Å². The van der Waals surface area contributed by atoms with Crippen LogP contribution >= 0.6 is 0 Å². The van der Waals surface area contributed by atoms with Crippen LogP contribution in [0.3, 0.4) is 0 Å². The highest BCUT2D eigenvalue weighted by atomic mass is 16.1. The molecule has 0 atom stereocenters. The summed E-state index contributed by atoms with van der Waals surface area (Å²) < 4.78 is 1.46. The fraction of sp³-hybridized carbons (Fsp3) is 0.118. The Morgan fingerprint density at radius 3 is 2.57 bits per heavy atom. The maximum Gasteiger partial charge on any atom is 0.269 e. The average molecular weight is 278 g/mol. The van der Waals surface area contributed by atoms with E-state index in [1.54, 1.807) is 18.2 Å². The van der Waals surface area contributed by atoms with Gasteiger partial charge in [-0.1, -0.05) is 42.0 Å². The molecule has 1 heterocycles. The van der Waals surface area contributed by atoms with Gasteiger partial charge >= 0.3 is 0 Å². The molecule has 0 bridgehead atoms. The summed E-state index contributed by atoms with van der Waals surface area (Å²) in [5, 5.41) is 0. The van der Waals surface area contributed by atoms with Crippen LogP contribution in [0.1, 0.15) is 15.9 Å². The molecule has 2 aromatic carbocycles. The van der Waals surface area contributed by atoms with Crippen LogP contribution in [0.2, 0.25) is 0 Å². The second-order valence-corrected chi connectivity index (χ2v) is 4.96. The van der Waals surface area contributed by atoms with Gasteiger partial charge in [-0.3, -0.25) is 14.2 Å². The minimum Gasteiger partial charge on any atom is -0.298 e. The SMILES string of the molecule is Cc1ccc(C(=O)Cn2c(=O)cnc3ccccc32)cc1. The second-order valence-electron chi connectivity index (χ2n) is 4.96. The Bertz CT molecular complexity index is 864. The summed E-state index contributed by atoms with van der Waals surface area (Å²) in [7, 11) is 0. The van der Waals surface area contributed by atoms with E-state index in [1.165, 1.54) is 10.8 Å². The van der Waals surface area contributed by atoms with Gasteiger partial charge in [-0.2, -0.15) is 0 Å². The van der Waals surface area contributed by atoms with E-state index in [4.69, 9.17) is 0 Å². The molecule has 0 radical (unpaired) electrons. The number of fused-ring (bicyclic) bond motifs is 1. The monoisotopic (exact) mass is 278 g/mol. The van der Waals surface area contributed by atoms with E-state index in [-0.39, 0.29) is 17.9 Å². The lowest BCUT2D eigenvalue weighted by Gasteiger charge is -2.08. The number of para-hydroxylation sites is 2. The lowest BCUT2D eigenvalue weighted by molar-refractivity contribution is 0.0972. The van der Waals surface area contributed by atoms with Crippen molar-refractivity contribution in [1.82, 2.24) is 9.55 Å². The molecule has 0 fully saturated rings. The standard InChI is InChI=1S/C17H14N2O2/c1-12-6-8-13(9-7-12)16(20)11-19-15-5-3-2-4-14(15)18-10-17(19)21/h2-10H,11H2,1H3. The van der Waals surface area contributed by atoms with E-state index < -0.39 is 0 Å². The lowest BCUT2D eigenvalue weighted by Crippen LogP contribution is -2.24. The third-order valence-corrected chi connectivity index (χ3v) is 3.43. The highest BCUT2D eigenvalue weighted by Gasteiger charge is 2.10. The fourth-order valence-corrected chi connectivity index (χ4v) is 2.25. The number of carbonyl (C=O) groups is 1. The maximum absolute atomic E-state index is 12.3. The van der Waals surface area contributed by atoms with E-state index in [9.17, 15) is 9.59 Å². The van der Waals surface area contributed by atoms with Crippen LogP contribution in [0.15, 0.2) is 59.5 Å². The number of aromatic nitrogens is 2. The molecule has 4 nitrogen and oxygen atoms in total. The predicted octanol–water partition coefficient (Wildman–Crippen LogP) is 2.59. The largest absolute Gasteiger partial charge is 0.298 e. The first-order valence-corrected chi connectivity index (χ1v) is 6.69. The van der Waals surface area contributed by atoms with Crippen molar-refractivity contribution >= 4 is 16.8 Å². The van der Waals surface area contributed by atoms with Gasteiger partial charge in [0.1, 0.15) is 0 Å². The van der Waals surface area contributed by atoms with E-state index >= 15 is 0 Å². The molecule has 1 aromatic heterocycles. The first-order valence-electron chi connectivity index (χ1n) is 6.69. The topological polar surface area (TPSA) is 52.0 Å². The molecular formula is C17H14N2O2. The van der Waals surface area contributed by atoms with Crippen LogP contribution in [0.5, 0.6) is 0 Å². The molecule has 0 aliphatic heterocycles. The Kier molecular flexibility index (Phi) is 3.36. The summed E-state index contributed by atoms with van der Waals surface area (Å²) in [5.41, 5.74) is 2.81. The summed E-state index contributed by atoms with van der Waals surface area (Å²) >= 11 is 0. The molecule has 0 N–H and O–H groups in total. The number of hydrogen-bond donors (Lipinski definition) is 0. The molecule has 0 unspecified atom stereocenters. The third kappa shape index (κ3) is 2.60. The summed E-state index contributed by atoms with van der Waals surface area (Å²) in [6.07, 6.45) is 1.25. The van der Waals surface area contributed by atoms with Gasteiger partial charge < -0.3 is 0 Å². The normalized spacial score (nSPS) is 10.7. The smallest absolute Gasteiger partial charge is 0.269 e. The van der Waals surface area contributed by atoms with Crippen LogP contribution in [-0.2, 0) is 6.54 Å². The number of benzene rings is 2. The van der Waals surface area contributed by atoms with Crippen LogP contribution < -0.4 is 5.56 Å². The van der Waals surface area contributed by atoms with E-state index in [0.29, 0.717) is 16.6 Å². The summed E-state index contributed by atoms with van der Waals surface area (Å²) in [6, 6.07) is 14.6. The molecule has 0 aliphatic rings. The Balaban J connectivity index is 2.01. The molecule has 4 heteroatoms. The van der Waals surface area contributed by atoms with Crippen molar-refractivity contribution in [2.24, 2.45) is 0 Å². The molecule has 104 valence electrons. The summed E-state index contributed by atoms with van der Waals surface area (Å²) in [5.74, 6) is -0.0894. The minimum absolute atomic E-state index is 0.0188. The van der Waals surface area contributed by atoms with Crippen LogP contribution in [0.25, 0.3) is 11.0 Å². The lowest BCUT2D eigenvalue weighted by atomic mass is 10.1. The van der Waals surface area contributed by atoms with Crippen molar-refractivity contribution < 1.29 is 4.79 Å². The molecule has 0 saturated heterocycles. The van der Waals surface area contributed by atoms with Crippen LogP contribution in [-0.4, -0.2) is 15.3 Å². The van der Waals surface area contributed by atoms with Gasteiger partial charge in [-0.25, -0.2) is 4.98 Å². The number of nitrogens with zero attached hydrogens (tertiary/aromatic N) is 2. The zero-order chi connectivity index (χ0) is 14.8. The Morgan fingerprint density at radius 2 is 1.81 bits per heavy atom. The number of hydrogen-bond acceptors (Lipinski definition) is 3. The highest BCUT2D eigenvalue weighted by molar-refractivity contribution is 5.96. The quantitative estimate of drug-likeness (QED) is 0.692. The molecular weight excluding hydrogens is 264 g/mol. The van der Waals surface area contributed by atoms with Crippen molar-refractivity contribution in [1.29, 1.82) is 0 Å². The summed E-state index contributed by atoms with van der Waals surface area (Å²) in [4.78, 5) is 28.4. The second kappa shape index (κ2) is 5.32. The first-order chi connectivity index (χ1) is 10.1. The van der Waals surface area contributed by atoms with Crippen molar-refractivity contribution in [3.63, 3.8) is 0 Å². The maximum atomic E-state index is 12.3. The van der Waals surface area contributed by atoms with E-state index in [2.05, 4.69) is 4.98 Å². The van der Waals surface area contributed by atoms with Gasteiger partial charge in [0.2, 0.25) is 0 Å². The highest BCUT2D eigenvalue weighted by Crippen LogP contribution is 2.10. The number of Topliss-reactive ketones (excluding diaryl/α,β-unsaturated/α-hetero) is 1. The minimum atomic E-state index is -0.269. The van der Waals surface area contributed by atoms with Gasteiger partial charge in [-0.05, 0) is 19.1 Å². The van der Waals surface area contributed by atoms with Gasteiger partial charge in [0.25, 0.3) is 5.56 Å². The average Bonchev–Trinajstić information content (AvgIpc) is 2.51. The fourth-order valence-electron chi connectivity index (χ4n) is 2.25. The predicted molar refractivity (Wildman–Crippen MR) is 81.5 cm³/mol. The number of rotatable bonds is 3. The molecule has 0 amide bonds. The Hall–Kier alpha value is -2.75. The van der Waals surface area contributed by atoms with Gasteiger partial charge in [0, 0.05) is 5.56 Å². The number of carbonyl (C=O) groups excluding carboxylic acids is 1. The molecule has 3 aromatic rings. The van der Waals surface area contributed by atoms with E-state index in [0.717, 1.165) is 5.56 Å². The van der Waals surface area contributed by atoms with Crippen molar-refractivity contribution in [3.05, 3.63) is 76.2 Å². The Morgan fingerprint density at radius 1 is 1.10 bits per heavy atom. The van der Waals surface area contributed by atoms with Gasteiger partial charge in [0.15, 0.2) is 5.78 Å². The molecule has 0 aliphatic carbocycles. The van der Waals surface area contributed by atoms with Crippen molar-refractivity contribution in [2.75, 3.05) is 0 Å². The van der Waals surface area contributed by atoms with Crippen molar-refractivity contribution in [3.8, 4) is 0 Å². The van der Waals surface area contributed by atoms with Gasteiger partial charge in [0.05, 0.1) is 23.8 Å². The number of ketones is 1. The molecule has 0 saturated carbocycles. The zero-order valence-electron chi connectivity index (χ0n) is 11.6. The van der Waals surface area contributed by atoms with E-state index in [1.807, 2.05) is 37.3 Å². The zero-order valence-corrected chi connectivity index (χ0v) is 11.6. The molecule has 0 spiro atoms. The van der Waals surface area contributed by atoms with Crippen molar-refractivity contribution in [2.45, 2.75) is 13.5 Å².